The average molecular weight is 300 g/mol. The van der Waals surface area contributed by atoms with Gasteiger partial charge in [-0.1, -0.05) is 23.7 Å². The van der Waals surface area contributed by atoms with Crippen molar-refractivity contribution >= 4 is 11.6 Å². The molecule has 3 nitrogen and oxygen atoms in total. The van der Waals surface area contributed by atoms with Crippen molar-refractivity contribution in [3.8, 4) is 0 Å². The van der Waals surface area contributed by atoms with Gasteiger partial charge in [-0.05, 0) is 37.5 Å². The van der Waals surface area contributed by atoms with E-state index in [9.17, 15) is 0 Å². The molecule has 0 N–H and O–H groups in total. The van der Waals surface area contributed by atoms with E-state index in [4.69, 9.17) is 11.6 Å². The van der Waals surface area contributed by atoms with Gasteiger partial charge in [0.15, 0.2) is 0 Å². The lowest BCUT2D eigenvalue weighted by atomic mass is 9.98. The number of hydrogen-bond donors (Lipinski definition) is 0. The Bertz CT molecular complexity index is 668. The summed E-state index contributed by atoms with van der Waals surface area (Å²) in [5.41, 5.74) is 3.93. The molecule has 21 heavy (non-hydrogen) atoms. The smallest absolute Gasteiger partial charge is 0.125 e. The second-order valence-electron chi connectivity index (χ2n) is 6.07. The van der Waals surface area contributed by atoms with E-state index in [0.717, 1.165) is 23.8 Å². The highest BCUT2D eigenvalue weighted by Crippen LogP contribution is 2.43. The molecule has 2 bridgehead atoms. The van der Waals surface area contributed by atoms with E-state index >= 15 is 0 Å². The fraction of sp³-hybridized carbons (Fsp3) is 0.412. The van der Waals surface area contributed by atoms with Gasteiger partial charge in [0, 0.05) is 41.8 Å². The first kappa shape index (κ1) is 13.2. The summed E-state index contributed by atoms with van der Waals surface area (Å²) in [5, 5.41) is 0.801. The van der Waals surface area contributed by atoms with Crippen molar-refractivity contribution in [1.29, 1.82) is 0 Å². The van der Waals surface area contributed by atoms with Crippen LogP contribution in [0.5, 0.6) is 0 Å². The van der Waals surface area contributed by atoms with Crippen LogP contribution in [0.3, 0.4) is 0 Å². The van der Waals surface area contributed by atoms with Crippen molar-refractivity contribution < 1.29 is 0 Å². The molecule has 1 aromatic heterocycles. The van der Waals surface area contributed by atoms with Crippen LogP contribution >= 0.6 is 11.6 Å². The molecule has 3 heterocycles. The molecule has 0 saturated carbocycles. The predicted octanol–water partition coefficient (Wildman–Crippen LogP) is 3.70. The molecule has 0 spiro atoms. The van der Waals surface area contributed by atoms with Crippen molar-refractivity contribution in [2.45, 2.75) is 44.8 Å². The third-order valence-electron chi connectivity index (χ3n) is 4.73. The van der Waals surface area contributed by atoms with E-state index in [1.807, 2.05) is 25.3 Å². The Morgan fingerprint density at radius 2 is 2.05 bits per heavy atom. The van der Waals surface area contributed by atoms with Gasteiger partial charge >= 0.3 is 0 Å². The van der Waals surface area contributed by atoms with Gasteiger partial charge in [0.1, 0.15) is 5.82 Å². The third kappa shape index (κ3) is 2.34. The highest BCUT2D eigenvalue weighted by molar-refractivity contribution is 6.30. The molecule has 0 amide bonds. The van der Waals surface area contributed by atoms with E-state index in [2.05, 4.69) is 27.0 Å². The zero-order valence-corrected chi connectivity index (χ0v) is 12.8. The second-order valence-corrected chi connectivity index (χ2v) is 6.51. The van der Waals surface area contributed by atoms with Crippen molar-refractivity contribution in [3.05, 3.63) is 58.1 Å². The Kier molecular flexibility index (Phi) is 3.20. The van der Waals surface area contributed by atoms with Crippen molar-refractivity contribution in [3.63, 3.8) is 0 Å². The van der Waals surface area contributed by atoms with Crippen LogP contribution < -0.4 is 0 Å². The normalized spacial score (nSPS) is 24.1. The van der Waals surface area contributed by atoms with Crippen molar-refractivity contribution in [2.75, 3.05) is 0 Å². The number of nitrogens with zero attached hydrogens (tertiary/aromatic N) is 3. The molecular weight excluding hydrogens is 282 g/mol. The summed E-state index contributed by atoms with van der Waals surface area (Å²) in [7, 11) is 0. The Morgan fingerprint density at radius 1 is 1.24 bits per heavy atom. The quantitative estimate of drug-likeness (QED) is 0.846. The molecular formula is C17H18ClN3. The number of halogens is 1. The highest BCUT2D eigenvalue weighted by atomic mass is 35.5. The van der Waals surface area contributed by atoms with Gasteiger partial charge < -0.3 is 0 Å². The molecule has 2 aliphatic rings. The SMILES string of the molecule is Cc1ncc2c(n1)C[C@@H]1CC[C@H]2N1Cc1ccc(Cl)cc1. The summed E-state index contributed by atoms with van der Waals surface area (Å²) in [6.07, 6.45) is 5.58. The average Bonchev–Trinajstić information content (AvgIpc) is 2.75. The molecule has 0 aliphatic carbocycles. The summed E-state index contributed by atoms with van der Waals surface area (Å²) in [6, 6.07) is 9.31. The topological polar surface area (TPSA) is 29.0 Å². The maximum Gasteiger partial charge on any atom is 0.125 e. The Labute approximate surface area is 130 Å². The van der Waals surface area contributed by atoms with Crippen LogP contribution in [0.15, 0.2) is 30.5 Å². The van der Waals surface area contributed by atoms with Crippen LogP contribution in [0.1, 0.15) is 41.5 Å². The largest absolute Gasteiger partial charge is 0.289 e. The van der Waals surface area contributed by atoms with Gasteiger partial charge in [0.2, 0.25) is 0 Å². The monoisotopic (exact) mass is 299 g/mol. The fourth-order valence-corrected chi connectivity index (χ4v) is 3.85. The number of aromatic nitrogens is 2. The molecule has 2 aromatic rings. The van der Waals surface area contributed by atoms with Gasteiger partial charge in [0.25, 0.3) is 0 Å². The lowest BCUT2D eigenvalue weighted by molar-refractivity contribution is 0.166. The van der Waals surface area contributed by atoms with Crippen molar-refractivity contribution in [2.24, 2.45) is 0 Å². The van der Waals surface area contributed by atoms with Crippen LogP contribution in [0.4, 0.5) is 0 Å². The van der Waals surface area contributed by atoms with E-state index in [1.54, 1.807) is 0 Å². The van der Waals surface area contributed by atoms with Crippen LogP contribution in [-0.2, 0) is 13.0 Å². The molecule has 0 unspecified atom stereocenters. The molecule has 1 aromatic carbocycles. The molecule has 2 aliphatic heterocycles. The number of rotatable bonds is 2. The highest BCUT2D eigenvalue weighted by Gasteiger charge is 2.40. The first-order valence-corrected chi connectivity index (χ1v) is 7.91. The summed E-state index contributed by atoms with van der Waals surface area (Å²) in [5.74, 6) is 0.888. The van der Waals surface area contributed by atoms with Crippen LogP contribution in [0.2, 0.25) is 5.02 Å². The van der Waals surface area contributed by atoms with E-state index < -0.39 is 0 Å². The van der Waals surface area contributed by atoms with Crippen LogP contribution in [0.25, 0.3) is 0 Å². The van der Waals surface area contributed by atoms with Crippen LogP contribution in [0, 0.1) is 6.92 Å². The fourth-order valence-electron chi connectivity index (χ4n) is 3.72. The minimum Gasteiger partial charge on any atom is -0.289 e. The van der Waals surface area contributed by atoms with E-state index in [0.29, 0.717) is 12.1 Å². The molecule has 4 rings (SSSR count). The van der Waals surface area contributed by atoms with Gasteiger partial charge in [0.05, 0.1) is 5.69 Å². The second kappa shape index (κ2) is 5.08. The van der Waals surface area contributed by atoms with Gasteiger partial charge in [-0.15, -0.1) is 0 Å². The Balaban J connectivity index is 1.63. The summed E-state index contributed by atoms with van der Waals surface area (Å²) in [4.78, 5) is 11.7. The molecule has 0 radical (unpaired) electrons. The van der Waals surface area contributed by atoms with Crippen LogP contribution in [-0.4, -0.2) is 20.9 Å². The standard InChI is InChI=1S/C17H18ClN3/c1-11-19-9-15-16(20-11)8-14-6-7-17(15)21(14)10-12-2-4-13(18)5-3-12/h2-5,9,14,17H,6-8,10H2,1H3/t14-,17+/m0/s1. The predicted molar refractivity (Wildman–Crippen MR) is 83.2 cm³/mol. The molecule has 108 valence electrons. The summed E-state index contributed by atoms with van der Waals surface area (Å²) >= 11 is 5.98. The number of aryl methyl sites for hydroxylation is 1. The third-order valence-corrected chi connectivity index (χ3v) is 4.98. The lowest BCUT2D eigenvalue weighted by Crippen LogP contribution is -2.37. The number of fused-ring (bicyclic) bond motifs is 4. The van der Waals surface area contributed by atoms with E-state index in [-0.39, 0.29) is 0 Å². The maximum atomic E-state index is 5.98. The minimum atomic E-state index is 0.482. The zero-order chi connectivity index (χ0) is 14.4. The molecule has 2 atom stereocenters. The lowest BCUT2D eigenvalue weighted by Gasteiger charge is -2.35. The first-order valence-electron chi connectivity index (χ1n) is 7.53. The Morgan fingerprint density at radius 3 is 2.86 bits per heavy atom. The van der Waals surface area contributed by atoms with E-state index in [1.165, 1.54) is 29.7 Å². The molecule has 1 saturated heterocycles. The maximum absolute atomic E-state index is 5.98. The Hall–Kier alpha value is -1.45. The zero-order valence-electron chi connectivity index (χ0n) is 12.1. The van der Waals surface area contributed by atoms with Gasteiger partial charge in [-0.25, -0.2) is 9.97 Å². The number of benzene rings is 1. The minimum absolute atomic E-state index is 0.482. The first-order chi connectivity index (χ1) is 10.2. The summed E-state index contributed by atoms with van der Waals surface area (Å²) in [6.45, 7) is 2.96. The molecule has 4 heteroatoms. The van der Waals surface area contributed by atoms with Gasteiger partial charge in [-0.2, -0.15) is 0 Å². The summed E-state index contributed by atoms with van der Waals surface area (Å²) < 4.78 is 0. The molecule has 1 fully saturated rings. The van der Waals surface area contributed by atoms with Crippen molar-refractivity contribution in [1.82, 2.24) is 14.9 Å². The number of hydrogen-bond acceptors (Lipinski definition) is 3. The van der Waals surface area contributed by atoms with Gasteiger partial charge in [-0.3, -0.25) is 4.90 Å².